The molecule has 0 unspecified atom stereocenters. The molecular formula is C19H19Br3O. The Kier molecular flexibility index (Phi) is 5.59. The first-order valence-corrected chi connectivity index (χ1v) is 9.71. The molecule has 0 atom stereocenters. The number of hydrogen-bond donors (Lipinski definition) is 0. The Morgan fingerprint density at radius 2 is 1.26 bits per heavy atom. The molecule has 0 fully saturated rings. The van der Waals surface area contributed by atoms with E-state index in [4.69, 9.17) is 0 Å². The number of hydrogen-bond acceptors (Lipinski definition) is 1. The highest BCUT2D eigenvalue weighted by atomic mass is 79.9. The summed E-state index contributed by atoms with van der Waals surface area (Å²) < 4.78 is 2.48. The van der Waals surface area contributed by atoms with E-state index in [1.54, 1.807) is 0 Å². The van der Waals surface area contributed by atoms with E-state index in [0.717, 1.165) is 30.1 Å². The highest BCUT2D eigenvalue weighted by Gasteiger charge is 2.23. The Morgan fingerprint density at radius 3 is 1.65 bits per heavy atom. The third-order valence-electron chi connectivity index (χ3n) is 3.86. The van der Waals surface area contributed by atoms with Gasteiger partial charge in [0, 0.05) is 19.0 Å². The van der Waals surface area contributed by atoms with E-state index in [0.29, 0.717) is 5.56 Å². The fraction of sp³-hybridized carbons (Fsp3) is 0.316. The third-order valence-corrected chi connectivity index (χ3v) is 5.57. The molecule has 2 rings (SSSR count). The normalized spacial score (nSPS) is 11.7. The second-order valence-electron chi connectivity index (χ2n) is 6.81. The van der Waals surface area contributed by atoms with Crippen LogP contribution in [-0.2, 0) is 5.41 Å². The number of benzene rings is 2. The second-order valence-corrected chi connectivity index (χ2v) is 9.43. The molecule has 0 heterocycles. The zero-order valence-electron chi connectivity index (χ0n) is 13.9. The van der Waals surface area contributed by atoms with Crippen molar-refractivity contribution in [1.82, 2.24) is 0 Å². The summed E-state index contributed by atoms with van der Waals surface area (Å²) in [7, 11) is 0. The number of rotatable bonds is 2. The van der Waals surface area contributed by atoms with Gasteiger partial charge in [-0.1, -0.05) is 48.8 Å². The van der Waals surface area contributed by atoms with E-state index in [9.17, 15) is 4.79 Å². The Labute approximate surface area is 163 Å². The summed E-state index contributed by atoms with van der Waals surface area (Å²) >= 11 is 10.5. The average molecular weight is 503 g/mol. The topological polar surface area (TPSA) is 17.1 Å². The molecule has 0 spiro atoms. The minimum absolute atomic E-state index is 0.0340. The molecule has 122 valence electrons. The van der Waals surface area contributed by atoms with Crippen LogP contribution >= 0.6 is 47.8 Å². The second kappa shape index (κ2) is 6.81. The average Bonchev–Trinajstić information content (AvgIpc) is 2.35. The monoisotopic (exact) mass is 500 g/mol. The maximum absolute atomic E-state index is 13.1. The van der Waals surface area contributed by atoms with E-state index >= 15 is 0 Å². The van der Waals surface area contributed by atoms with E-state index in [2.05, 4.69) is 80.7 Å². The quantitative estimate of drug-likeness (QED) is 0.399. The van der Waals surface area contributed by atoms with Gasteiger partial charge in [0.2, 0.25) is 0 Å². The molecule has 23 heavy (non-hydrogen) atoms. The molecule has 0 aromatic heterocycles. The lowest BCUT2D eigenvalue weighted by Crippen LogP contribution is -2.15. The fourth-order valence-corrected chi connectivity index (χ4v) is 5.26. The predicted octanol–water partition coefficient (Wildman–Crippen LogP) is 7.12. The molecule has 0 amide bonds. The fourth-order valence-electron chi connectivity index (χ4n) is 2.64. The summed E-state index contributed by atoms with van der Waals surface area (Å²) in [6, 6.07) is 8.04. The van der Waals surface area contributed by atoms with Crippen molar-refractivity contribution in [2.45, 2.75) is 40.0 Å². The molecule has 0 aliphatic heterocycles. The van der Waals surface area contributed by atoms with Crippen molar-refractivity contribution in [2.24, 2.45) is 0 Å². The van der Waals surface area contributed by atoms with Crippen LogP contribution in [0.15, 0.2) is 37.7 Å². The van der Waals surface area contributed by atoms with Crippen LogP contribution < -0.4 is 0 Å². The van der Waals surface area contributed by atoms with Crippen molar-refractivity contribution < 1.29 is 4.79 Å². The lowest BCUT2D eigenvalue weighted by Gasteiger charge is -2.22. The van der Waals surface area contributed by atoms with Crippen LogP contribution in [0.5, 0.6) is 0 Å². The lowest BCUT2D eigenvalue weighted by molar-refractivity contribution is 0.103. The summed E-state index contributed by atoms with van der Waals surface area (Å²) in [6.45, 7) is 10.6. The molecule has 1 nitrogen and oxygen atoms in total. The van der Waals surface area contributed by atoms with Gasteiger partial charge in [0.25, 0.3) is 0 Å². The molecule has 0 N–H and O–H groups in total. The van der Waals surface area contributed by atoms with E-state index in [1.807, 2.05) is 26.0 Å². The van der Waals surface area contributed by atoms with Gasteiger partial charge in [0.15, 0.2) is 5.78 Å². The van der Waals surface area contributed by atoms with Crippen molar-refractivity contribution >= 4 is 53.6 Å². The largest absolute Gasteiger partial charge is 0.289 e. The number of halogens is 3. The molecule has 0 bridgehead atoms. The molecular weight excluding hydrogens is 484 g/mol. The van der Waals surface area contributed by atoms with Gasteiger partial charge < -0.3 is 0 Å². The summed E-state index contributed by atoms with van der Waals surface area (Å²) in [6.07, 6.45) is 0. The van der Waals surface area contributed by atoms with Gasteiger partial charge in [-0.3, -0.25) is 4.79 Å². The van der Waals surface area contributed by atoms with Crippen LogP contribution in [0.3, 0.4) is 0 Å². The van der Waals surface area contributed by atoms with E-state index < -0.39 is 0 Å². The van der Waals surface area contributed by atoms with Gasteiger partial charge in [-0.15, -0.1) is 0 Å². The Balaban J connectivity index is 2.62. The van der Waals surface area contributed by atoms with Crippen molar-refractivity contribution in [3.63, 3.8) is 0 Å². The minimum Gasteiger partial charge on any atom is -0.289 e. The number of ketones is 1. The maximum Gasteiger partial charge on any atom is 0.195 e. The molecule has 0 aliphatic rings. The zero-order valence-corrected chi connectivity index (χ0v) is 18.6. The molecule has 0 aliphatic carbocycles. The van der Waals surface area contributed by atoms with Crippen LogP contribution in [0, 0.1) is 13.8 Å². The summed E-state index contributed by atoms with van der Waals surface area (Å²) in [5, 5.41) is 0. The Hall–Kier alpha value is -0.450. The summed E-state index contributed by atoms with van der Waals surface area (Å²) in [5.41, 5.74) is 4.78. The van der Waals surface area contributed by atoms with Crippen LogP contribution in [-0.4, -0.2) is 5.78 Å². The first-order valence-electron chi connectivity index (χ1n) is 7.33. The number of carbonyl (C=O) groups is 1. The van der Waals surface area contributed by atoms with Gasteiger partial charge in [-0.25, -0.2) is 0 Å². The van der Waals surface area contributed by atoms with E-state index in [1.165, 1.54) is 5.56 Å². The first-order chi connectivity index (χ1) is 10.5. The number of carbonyl (C=O) groups excluding carboxylic acids is 1. The number of aryl methyl sites for hydroxylation is 2. The van der Waals surface area contributed by atoms with Crippen LogP contribution in [0.2, 0.25) is 0 Å². The summed E-state index contributed by atoms with van der Waals surface area (Å²) in [4.78, 5) is 13.1. The van der Waals surface area contributed by atoms with Gasteiger partial charge in [0.1, 0.15) is 0 Å². The van der Waals surface area contributed by atoms with Gasteiger partial charge in [0.05, 0.1) is 5.56 Å². The molecule has 2 aromatic carbocycles. The zero-order chi connectivity index (χ0) is 17.5. The van der Waals surface area contributed by atoms with E-state index in [-0.39, 0.29) is 11.2 Å². The lowest BCUT2D eigenvalue weighted by atomic mass is 9.82. The van der Waals surface area contributed by atoms with Crippen LogP contribution in [0.4, 0.5) is 0 Å². The molecule has 4 heteroatoms. The predicted molar refractivity (Wildman–Crippen MR) is 108 cm³/mol. The maximum atomic E-state index is 13.1. The highest BCUT2D eigenvalue weighted by Crippen LogP contribution is 2.34. The minimum atomic E-state index is 0.0340. The van der Waals surface area contributed by atoms with Crippen LogP contribution in [0.1, 0.15) is 53.4 Å². The van der Waals surface area contributed by atoms with Gasteiger partial charge in [-0.2, -0.15) is 0 Å². The van der Waals surface area contributed by atoms with Crippen molar-refractivity contribution in [1.29, 1.82) is 0 Å². The third kappa shape index (κ3) is 3.97. The van der Waals surface area contributed by atoms with Crippen molar-refractivity contribution in [3.8, 4) is 0 Å². The first kappa shape index (κ1) is 18.9. The standard InChI is InChI=1S/C19H19Br3O/c1-10-6-12(19(3,4)5)7-11(2)16(10)18(23)17-14(21)8-13(20)9-15(17)22/h6-9H,1-5H3. The van der Waals surface area contributed by atoms with Crippen molar-refractivity contribution in [2.75, 3.05) is 0 Å². The molecule has 0 saturated carbocycles. The molecule has 0 saturated heterocycles. The Bertz CT molecular complexity index is 740. The smallest absolute Gasteiger partial charge is 0.195 e. The van der Waals surface area contributed by atoms with Crippen molar-refractivity contribution in [3.05, 3.63) is 65.5 Å². The van der Waals surface area contributed by atoms with Gasteiger partial charge >= 0.3 is 0 Å². The Morgan fingerprint density at radius 1 is 0.826 bits per heavy atom. The molecule has 0 radical (unpaired) electrons. The van der Waals surface area contributed by atoms with Gasteiger partial charge in [-0.05, 0) is 79.9 Å². The SMILES string of the molecule is Cc1cc(C(C)(C)C)cc(C)c1C(=O)c1c(Br)cc(Br)cc1Br. The summed E-state index contributed by atoms with van der Waals surface area (Å²) in [5.74, 6) is 0.0340. The van der Waals surface area contributed by atoms with Crippen LogP contribution in [0.25, 0.3) is 0 Å². The highest BCUT2D eigenvalue weighted by molar-refractivity contribution is 9.11. The molecule has 2 aromatic rings.